The first kappa shape index (κ1) is 10.4. The van der Waals surface area contributed by atoms with Gasteiger partial charge in [0.05, 0.1) is 15.4 Å². The fourth-order valence-electron chi connectivity index (χ4n) is 1.25. The fraction of sp³-hybridized carbons (Fsp3) is 0. The van der Waals surface area contributed by atoms with E-state index in [2.05, 4.69) is 4.98 Å². The van der Waals surface area contributed by atoms with Crippen molar-refractivity contribution in [2.24, 2.45) is 0 Å². The Kier molecular flexibility index (Phi) is 2.38. The van der Waals surface area contributed by atoms with Gasteiger partial charge in [-0.3, -0.25) is 9.54 Å². The number of benzene rings is 1. The van der Waals surface area contributed by atoms with Crippen molar-refractivity contribution in [1.29, 1.82) is 0 Å². The molecule has 2 rings (SSSR count). The summed E-state index contributed by atoms with van der Waals surface area (Å²) in [5, 5.41) is 0.889. The maximum atomic E-state index is 10.9. The van der Waals surface area contributed by atoms with Crippen molar-refractivity contribution in [3.05, 3.63) is 35.5 Å². The van der Waals surface area contributed by atoms with Crippen LogP contribution in [0.3, 0.4) is 0 Å². The maximum absolute atomic E-state index is 10.9. The van der Waals surface area contributed by atoms with Gasteiger partial charge >= 0.3 is 0 Å². The van der Waals surface area contributed by atoms with Crippen LogP contribution >= 0.6 is 11.6 Å². The van der Waals surface area contributed by atoms with Gasteiger partial charge in [-0.1, -0.05) is 11.6 Å². The number of aromatic nitrogens is 1. The molecule has 4 nitrogen and oxygen atoms in total. The van der Waals surface area contributed by atoms with E-state index in [-0.39, 0.29) is 4.90 Å². The molecule has 0 aliphatic carbocycles. The largest absolute Gasteiger partial charge is 0.294 e. The molecule has 2 aromatic rings. The Labute approximate surface area is 91.3 Å². The molecule has 0 saturated carbocycles. The number of halogens is 1. The quantitative estimate of drug-likeness (QED) is 0.780. The van der Waals surface area contributed by atoms with Gasteiger partial charge < -0.3 is 0 Å². The minimum Gasteiger partial charge on any atom is -0.282 e. The topological polar surface area (TPSA) is 67.3 Å². The summed E-state index contributed by atoms with van der Waals surface area (Å²) in [6.07, 6.45) is 1.53. The van der Waals surface area contributed by atoms with Gasteiger partial charge in [0.25, 0.3) is 10.1 Å². The third-order valence-corrected chi connectivity index (χ3v) is 3.14. The van der Waals surface area contributed by atoms with E-state index in [0.29, 0.717) is 15.9 Å². The molecule has 0 amide bonds. The summed E-state index contributed by atoms with van der Waals surface area (Å²) in [5.41, 5.74) is 0.579. The molecule has 1 aromatic carbocycles. The molecule has 0 fully saturated rings. The lowest BCUT2D eigenvalue weighted by molar-refractivity contribution is 0.483. The second-order valence-electron chi connectivity index (χ2n) is 2.95. The van der Waals surface area contributed by atoms with Crippen LogP contribution in [0.25, 0.3) is 10.9 Å². The lowest BCUT2D eigenvalue weighted by atomic mass is 10.2. The van der Waals surface area contributed by atoms with Gasteiger partial charge in [-0.25, -0.2) is 0 Å². The molecule has 0 aliphatic rings. The van der Waals surface area contributed by atoms with Crippen LogP contribution < -0.4 is 0 Å². The molecule has 0 spiro atoms. The van der Waals surface area contributed by atoms with E-state index in [4.69, 9.17) is 16.2 Å². The van der Waals surface area contributed by atoms with E-state index in [0.717, 1.165) is 0 Å². The van der Waals surface area contributed by atoms with Crippen LogP contribution in [0, 0.1) is 0 Å². The van der Waals surface area contributed by atoms with Gasteiger partial charge in [-0.05, 0) is 24.3 Å². The third-order valence-electron chi connectivity index (χ3n) is 1.96. The van der Waals surface area contributed by atoms with Gasteiger partial charge in [0.2, 0.25) is 0 Å². The Morgan fingerprint density at radius 2 is 2.00 bits per heavy atom. The van der Waals surface area contributed by atoms with Gasteiger partial charge in [0, 0.05) is 11.6 Å². The number of pyridine rings is 1. The number of hydrogen-bond donors (Lipinski definition) is 1. The summed E-state index contributed by atoms with van der Waals surface area (Å²) >= 11 is 5.86. The van der Waals surface area contributed by atoms with Crippen molar-refractivity contribution >= 4 is 32.6 Å². The predicted octanol–water partition coefficient (Wildman–Crippen LogP) is 2.13. The number of fused-ring (bicyclic) bond motifs is 1. The Balaban J connectivity index is 2.81. The average Bonchev–Trinajstić information content (AvgIpc) is 2.16. The second kappa shape index (κ2) is 3.44. The van der Waals surface area contributed by atoms with E-state index in [9.17, 15) is 8.42 Å². The predicted molar refractivity (Wildman–Crippen MR) is 56.6 cm³/mol. The lowest BCUT2D eigenvalue weighted by Gasteiger charge is -2.01. The molecule has 1 N–H and O–H groups in total. The summed E-state index contributed by atoms with van der Waals surface area (Å²) in [6, 6.07) is 5.61. The first-order valence-corrected chi connectivity index (χ1v) is 5.82. The van der Waals surface area contributed by atoms with E-state index < -0.39 is 10.1 Å². The summed E-state index contributed by atoms with van der Waals surface area (Å²) in [7, 11) is -4.20. The van der Waals surface area contributed by atoms with E-state index >= 15 is 0 Å². The molecular weight excluding hydrogens is 238 g/mol. The number of nitrogens with zero attached hydrogens (tertiary/aromatic N) is 1. The van der Waals surface area contributed by atoms with Gasteiger partial charge in [0.15, 0.2) is 0 Å². The lowest BCUT2D eigenvalue weighted by Crippen LogP contribution is -1.97. The zero-order valence-electron chi connectivity index (χ0n) is 7.38. The minimum atomic E-state index is -4.20. The maximum Gasteiger partial charge on any atom is 0.294 e. The minimum absolute atomic E-state index is 0.190. The average molecular weight is 244 g/mol. The molecular formula is C9H6ClNO3S. The highest BCUT2D eigenvalue weighted by atomic mass is 35.5. The van der Waals surface area contributed by atoms with Crippen molar-refractivity contribution in [3.8, 4) is 0 Å². The van der Waals surface area contributed by atoms with Crippen LogP contribution in [0.1, 0.15) is 0 Å². The van der Waals surface area contributed by atoms with Crippen molar-refractivity contribution in [2.75, 3.05) is 0 Å². The Morgan fingerprint density at radius 3 is 2.67 bits per heavy atom. The highest BCUT2D eigenvalue weighted by Gasteiger charge is 2.11. The van der Waals surface area contributed by atoms with E-state index in [1.807, 2.05) is 0 Å². The van der Waals surface area contributed by atoms with Gasteiger partial charge in [0.1, 0.15) is 0 Å². The van der Waals surface area contributed by atoms with E-state index in [1.54, 1.807) is 6.07 Å². The van der Waals surface area contributed by atoms with Crippen LogP contribution in [0.2, 0.25) is 5.02 Å². The molecule has 0 radical (unpaired) electrons. The third kappa shape index (κ3) is 1.94. The molecule has 0 atom stereocenters. The molecule has 15 heavy (non-hydrogen) atoms. The molecule has 1 aromatic heterocycles. The van der Waals surface area contributed by atoms with Crippen LogP contribution in [0.5, 0.6) is 0 Å². The summed E-state index contributed by atoms with van der Waals surface area (Å²) < 4.78 is 30.6. The van der Waals surface area contributed by atoms with Crippen molar-refractivity contribution in [1.82, 2.24) is 4.98 Å². The second-order valence-corrected chi connectivity index (χ2v) is 4.78. The van der Waals surface area contributed by atoms with E-state index in [1.165, 1.54) is 24.4 Å². The van der Waals surface area contributed by atoms with Crippen molar-refractivity contribution in [3.63, 3.8) is 0 Å². The Bertz CT molecular complexity index is 624. The number of rotatable bonds is 1. The standard InChI is InChI=1S/C9H6ClNO3S/c10-8-3-4-11-9-2-1-6(5-7(8)9)15(12,13)14/h1-5H,(H,12,13,14). The Hall–Kier alpha value is -1.17. The molecule has 78 valence electrons. The van der Waals surface area contributed by atoms with Crippen LogP contribution in [-0.4, -0.2) is 18.0 Å². The molecule has 6 heteroatoms. The van der Waals surface area contributed by atoms with Crippen molar-refractivity contribution in [2.45, 2.75) is 4.90 Å². The summed E-state index contributed by atoms with van der Waals surface area (Å²) in [6.45, 7) is 0. The first-order valence-electron chi connectivity index (χ1n) is 4.00. The highest BCUT2D eigenvalue weighted by molar-refractivity contribution is 7.85. The zero-order valence-corrected chi connectivity index (χ0v) is 8.96. The molecule has 0 bridgehead atoms. The highest BCUT2D eigenvalue weighted by Crippen LogP contribution is 2.24. The first-order chi connectivity index (χ1) is 6.98. The molecule has 0 aliphatic heterocycles. The van der Waals surface area contributed by atoms with Crippen LogP contribution in [0.4, 0.5) is 0 Å². The number of hydrogen-bond acceptors (Lipinski definition) is 3. The fourth-order valence-corrected chi connectivity index (χ4v) is 1.97. The molecule has 1 heterocycles. The van der Waals surface area contributed by atoms with Gasteiger partial charge in [-0.2, -0.15) is 8.42 Å². The normalized spacial score (nSPS) is 11.9. The van der Waals surface area contributed by atoms with Crippen LogP contribution in [-0.2, 0) is 10.1 Å². The van der Waals surface area contributed by atoms with Gasteiger partial charge in [-0.15, -0.1) is 0 Å². The monoisotopic (exact) mass is 243 g/mol. The smallest absolute Gasteiger partial charge is 0.282 e. The SMILES string of the molecule is O=S(=O)(O)c1ccc2nccc(Cl)c2c1. The van der Waals surface area contributed by atoms with Crippen LogP contribution in [0.15, 0.2) is 35.4 Å². The molecule has 0 saturated heterocycles. The zero-order chi connectivity index (χ0) is 11.1. The summed E-state index contributed by atoms with van der Waals surface area (Å²) in [4.78, 5) is 3.81. The summed E-state index contributed by atoms with van der Waals surface area (Å²) in [5.74, 6) is 0. The van der Waals surface area contributed by atoms with Crippen molar-refractivity contribution < 1.29 is 13.0 Å². The molecule has 0 unspecified atom stereocenters. The Morgan fingerprint density at radius 1 is 1.27 bits per heavy atom.